The molecular formula is C26H28. The van der Waals surface area contributed by atoms with Crippen LogP contribution >= 0.6 is 0 Å². The first-order valence-corrected chi connectivity index (χ1v) is 10.0. The molecule has 4 rings (SSSR count). The molecule has 132 valence electrons. The summed E-state index contributed by atoms with van der Waals surface area (Å²) in [5, 5.41) is 0. The fourth-order valence-electron chi connectivity index (χ4n) is 4.34. The van der Waals surface area contributed by atoms with Crippen LogP contribution in [0.4, 0.5) is 0 Å². The van der Waals surface area contributed by atoms with E-state index in [-0.39, 0.29) is 0 Å². The van der Waals surface area contributed by atoms with Crippen LogP contribution in [0.3, 0.4) is 0 Å². The molecule has 1 unspecified atom stereocenters. The molecule has 26 heavy (non-hydrogen) atoms. The second-order valence-corrected chi connectivity index (χ2v) is 7.77. The van der Waals surface area contributed by atoms with Gasteiger partial charge in [0.2, 0.25) is 0 Å². The molecule has 0 heteroatoms. The largest absolute Gasteiger partial charge is 0.0654 e. The third-order valence-corrected chi connectivity index (χ3v) is 5.74. The third-order valence-electron chi connectivity index (χ3n) is 5.74. The zero-order valence-corrected chi connectivity index (χ0v) is 16.0. The van der Waals surface area contributed by atoms with E-state index >= 15 is 0 Å². The van der Waals surface area contributed by atoms with Gasteiger partial charge in [0.15, 0.2) is 0 Å². The zero-order chi connectivity index (χ0) is 17.9. The van der Waals surface area contributed by atoms with Crippen molar-refractivity contribution in [3.05, 3.63) is 94.5 Å². The van der Waals surface area contributed by atoms with Crippen LogP contribution in [0.15, 0.2) is 66.7 Å². The van der Waals surface area contributed by atoms with Crippen molar-refractivity contribution in [3.8, 4) is 11.1 Å². The topological polar surface area (TPSA) is 0 Å². The number of unbranched alkanes of at least 4 members (excludes halogenated alkanes) is 1. The van der Waals surface area contributed by atoms with E-state index in [1.807, 2.05) is 0 Å². The average Bonchev–Trinajstić information content (AvgIpc) is 2.83. The first-order valence-electron chi connectivity index (χ1n) is 10.0. The molecule has 0 N–H and O–H groups in total. The lowest BCUT2D eigenvalue weighted by atomic mass is 9.87. The van der Waals surface area contributed by atoms with Crippen molar-refractivity contribution < 1.29 is 0 Å². The van der Waals surface area contributed by atoms with Crippen LogP contribution in [0, 0.1) is 6.92 Å². The number of benzene rings is 3. The van der Waals surface area contributed by atoms with E-state index in [0.29, 0.717) is 5.92 Å². The predicted octanol–water partition coefficient (Wildman–Crippen LogP) is 6.89. The molecule has 0 spiro atoms. The Morgan fingerprint density at radius 2 is 1.62 bits per heavy atom. The Kier molecular flexibility index (Phi) is 4.93. The van der Waals surface area contributed by atoms with Gasteiger partial charge in [-0.25, -0.2) is 0 Å². The smallest absolute Gasteiger partial charge is 0.00805 e. The van der Waals surface area contributed by atoms with Crippen LogP contribution in [0.2, 0.25) is 0 Å². The fourth-order valence-corrected chi connectivity index (χ4v) is 4.34. The van der Waals surface area contributed by atoms with Crippen LogP contribution in [0.25, 0.3) is 11.1 Å². The standard InChI is InChI=1S/C26H28/c1-3-4-9-20-13-14-26-24(16-20)18-23(21-11-7-8-19(2)15-21)17-22-10-5-6-12-25(22)26/h5-8,10-16,23H,3-4,9,17-18H2,1-2H3. The predicted molar refractivity (Wildman–Crippen MR) is 112 cm³/mol. The van der Waals surface area contributed by atoms with Gasteiger partial charge in [0.05, 0.1) is 0 Å². The molecule has 0 saturated carbocycles. The highest BCUT2D eigenvalue weighted by Gasteiger charge is 2.22. The number of aryl methyl sites for hydroxylation is 2. The van der Waals surface area contributed by atoms with E-state index < -0.39 is 0 Å². The maximum atomic E-state index is 2.48. The Morgan fingerprint density at radius 3 is 2.46 bits per heavy atom. The molecule has 1 atom stereocenters. The molecule has 0 aliphatic heterocycles. The van der Waals surface area contributed by atoms with Gasteiger partial charge in [-0.05, 0) is 71.9 Å². The Bertz CT molecular complexity index is 903. The van der Waals surface area contributed by atoms with Crippen LogP contribution in [0.5, 0.6) is 0 Å². The summed E-state index contributed by atoms with van der Waals surface area (Å²) < 4.78 is 0. The van der Waals surface area contributed by atoms with Gasteiger partial charge >= 0.3 is 0 Å². The maximum Gasteiger partial charge on any atom is -0.00805 e. The lowest BCUT2D eigenvalue weighted by molar-refractivity contribution is 0.687. The number of fused-ring (bicyclic) bond motifs is 3. The summed E-state index contributed by atoms with van der Waals surface area (Å²) in [5.41, 5.74) is 10.2. The molecule has 0 heterocycles. The molecule has 0 saturated heterocycles. The van der Waals surface area contributed by atoms with Gasteiger partial charge < -0.3 is 0 Å². The van der Waals surface area contributed by atoms with E-state index in [1.54, 1.807) is 0 Å². The molecule has 1 aliphatic rings. The fraction of sp³-hybridized carbons (Fsp3) is 0.308. The van der Waals surface area contributed by atoms with Crippen molar-refractivity contribution in [2.45, 2.75) is 51.9 Å². The number of rotatable bonds is 4. The minimum Gasteiger partial charge on any atom is -0.0654 e. The van der Waals surface area contributed by atoms with Gasteiger partial charge in [0.25, 0.3) is 0 Å². The summed E-state index contributed by atoms with van der Waals surface area (Å²) in [6, 6.07) is 25.3. The molecule has 3 aromatic rings. The maximum absolute atomic E-state index is 2.48. The van der Waals surface area contributed by atoms with Gasteiger partial charge in [-0.2, -0.15) is 0 Å². The first-order chi connectivity index (χ1) is 12.7. The monoisotopic (exact) mass is 340 g/mol. The van der Waals surface area contributed by atoms with Crippen molar-refractivity contribution in [3.63, 3.8) is 0 Å². The highest BCUT2D eigenvalue weighted by atomic mass is 14.3. The summed E-state index contributed by atoms with van der Waals surface area (Å²) >= 11 is 0. The lowest BCUT2D eigenvalue weighted by Crippen LogP contribution is -2.05. The molecule has 1 aliphatic carbocycles. The van der Waals surface area contributed by atoms with Crippen molar-refractivity contribution in [1.29, 1.82) is 0 Å². The molecule has 3 aromatic carbocycles. The van der Waals surface area contributed by atoms with E-state index in [0.717, 1.165) is 12.8 Å². The van der Waals surface area contributed by atoms with E-state index in [4.69, 9.17) is 0 Å². The lowest BCUT2D eigenvalue weighted by Gasteiger charge is -2.17. The molecule has 0 amide bonds. The Morgan fingerprint density at radius 1 is 0.808 bits per heavy atom. The van der Waals surface area contributed by atoms with E-state index in [9.17, 15) is 0 Å². The van der Waals surface area contributed by atoms with Crippen molar-refractivity contribution >= 4 is 0 Å². The van der Waals surface area contributed by atoms with Crippen molar-refractivity contribution in [2.24, 2.45) is 0 Å². The van der Waals surface area contributed by atoms with Gasteiger partial charge in [0, 0.05) is 0 Å². The van der Waals surface area contributed by atoms with Crippen LogP contribution in [0.1, 0.15) is 53.5 Å². The number of hydrogen-bond acceptors (Lipinski definition) is 0. The SMILES string of the molecule is CCCCc1ccc2c(c1)CC(c1cccc(C)c1)Cc1ccccc1-2. The van der Waals surface area contributed by atoms with Crippen molar-refractivity contribution in [1.82, 2.24) is 0 Å². The van der Waals surface area contributed by atoms with E-state index in [1.165, 1.54) is 58.2 Å². The third kappa shape index (κ3) is 3.46. The molecule has 0 fully saturated rings. The molecule has 0 aromatic heterocycles. The summed E-state index contributed by atoms with van der Waals surface area (Å²) in [4.78, 5) is 0. The van der Waals surface area contributed by atoms with Gasteiger partial charge in [-0.3, -0.25) is 0 Å². The quantitative estimate of drug-likeness (QED) is 0.485. The van der Waals surface area contributed by atoms with Gasteiger partial charge in [0.1, 0.15) is 0 Å². The van der Waals surface area contributed by atoms with Crippen molar-refractivity contribution in [2.75, 3.05) is 0 Å². The summed E-state index contributed by atoms with van der Waals surface area (Å²) in [5.74, 6) is 0.554. The molecule has 0 nitrogen and oxygen atoms in total. The summed E-state index contributed by atoms with van der Waals surface area (Å²) in [7, 11) is 0. The molecule has 0 radical (unpaired) electrons. The minimum absolute atomic E-state index is 0.554. The second kappa shape index (κ2) is 7.50. The Labute approximate surface area is 157 Å². The first kappa shape index (κ1) is 17.1. The van der Waals surface area contributed by atoms with Crippen LogP contribution < -0.4 is 0 Å². The Hall–Kier alpha value is -2.34. The highest BCUT2D eigenvalue weighted by molar-refractivity contribution is 5.72. The molecule has 0 bridgehead atoms. The van der Waals surface area contributed by atoms with Crippen LogP contribution in [-0.2, 0) is 19.3 Å². The average molecular weight is 341 g/mol. The summed E-state index contributed by atoms with van der Waals surface area (Å²) in [6.45, 7) is 4.47. The van der Waals surface area contributed by atoms with Gasteiger partial charge in [-0.15, -0.1) is 0 Å². The number of hydrogen-bond donors (Lipinski definition) is 0. The Balaban J connectivity index is 1.79. The van der Waals surface area contributed by atoms with Crippen LogP contribution in [-0.4, -0.2) is 0 Å². The van der Waals surface area contributed by atoms with E-state index in [2.05, 4.69) is 80.6 Å². The second-order valence-electron chi connectivity index (χ2n) is 7.77. The van der Waals surface area contributed by atoms with Gasteiger partial charge in [-0.1, -0.05) is 85.6 Å². The normalized spacial score (nSPS) is 15.8. The highest BCUT2D eigenvalue weighted by Crippen LogP contribution is 2.38. The zero-order valence-electron chi connectivity index (χ0n) is 16.0. The minimum atomic E-state index is 0.554. The molecular weight excluding hydrogens is 312 g/mol. The summed E-state index contributed by atoms with van der Waals surface area (Å²) in [6.07, 6.45) is 5.98.